The Labute approximate surface area is 105 Å². The fourth-order valence-corrected chi connectivity index (χ4v) is 1.83. The average molecular weight is 255 g/mol. The molecular weight excluding hydrogens is 238 g/mol. The molecule has 1 heterocycles. The van der Waals surface area contributed by atoms with Gasteiger partial charge in [-0.25, -0.2) is 0 Å². The maximum Gasteiger partial charge on any atom is 0.261 e. The minimum Gasteiger partial charge on any atom is -0.353 e. The van der Waals surface area contributed by atoms with Crippen molar-refractivity contribution in [3.8, 4) is 0 Å². The largest absolute Gasteiger partial charge is 0.353 e. The first-order valence-electron chi connectivity index (χ1n) is 5.42. The van der Waals surface area contributed by atoms with Gasteiger partial charge in [-0.05, 0) is 25.4 Å². The molecule has 0 aliphatic rings. The molecule has 3 N–H and O–H groups in total. The summed E-state index contributed by atoms with van der Waals surface area (Å²) in [5.41, 5.74) is 0. The third kappa shape index (κ3) is 4.54. The number of thiophene rings is 1. The van der Waals surface area contributed by atoms with Gasteiger partial charge in [-0.3, -0.25) is 9.59 Å². The Hall–Kier alpha value is -1.40. The number of amides is 2. The fraction of sp³-hybridized carbons (Fsp3) is 0.455. The maximum absolute atomic E-state index is 11.7. The summed E-state index contributed by atoms with van der Waals surface area (Å²) in [7, 11) is 1.81. The SMILES string of the molecule is CNCCNC(=O)C(C)NC(=O)c1cccs1. The predicted molar refractivity (Wildman–Crippen MR) is 68.2 cm³/mol. The Morgan fingerprint density at radius 1 is 1.41 bits per heavy atom. The summed E-state index contributed by atoms with van der Waals surface area (Å²) in [6.07, 6.45) is 0. The molecule has 1 atom stereocenters. The summed E-state index contributed by atoms with van der Waals surface area (Å²) in [6, 6.07) is 3.00. The third-order valence-corrected chi connectivity index (χ3v) is 3.03. The van der Waals surface area contributed by atoms with Crippen molar-refractivity contribution in [1.82, 2.24) is 16.0 Å². The Balaban J connectivity index is 2.35. The number of hydrogen-bond acceptors (Lipinski definition) is 4. The molecule has 17 heavy (non-hydrogen) atoms. The van der Waals surface area contributed by atoms with Crippen LogP contribution < -0.4 is 16.0 Å². The average Bonchev–Trinajstić information content (AvgIpc) is 2.82. The van der Waals surface area contributed by atoms with Crippen molar-refractivity contribution < 1.29 is 9.59 Å². The van der Waals surface area contributed by atoms with Crippen molar-refractivity contribution >= 4 is 23.2 Å². The van der Waals surface area contributed by atoms with Crippen LogP contribution in [0, 0.1) is 0 Å². The van der Waals surface area contributed by atoms with Gasteiger partial charge < -0.3 is 16.0 Å². The molecule has 0 saturated heterocycles. The van der Waals surface area contributed by atoms with Gasteiger partial charge in [-0.1, -0.05) is 6.07 Å². The topological polar surface area (TPSA) is 70.2 Å². The molecule has 0 aliphatic carbocycles. The lowest BCUT2D eigenvalue weighted by Gasteiger charge is -2.13. The second kappa shape index (κ2) is 7.03. The molecule has 1 aromatic rings. The molecule has 2 amide bonds. The van der Waals surface area contributed by atoms with Gasteiger partial charge in [0.25, 0.3) is 5.91 Å². The smallest absolute Gasteiger partial charge is 0.261 e. The first kappa shape index (κ1) is 13.7. The number of rotatable bonds is 6. The molecular formula is C11H17N3O2S. The van der Waals surface area contributed by atoms with Crippen LogP contribution >= 0.6 is 11.3 Å². The molecule has 94 valence electrons. The molecule has 0 radical (unpaired) electrons. The monoisotopic (exact) mass is 255 g/mol. The van der Waals surface area contributed by atoms with Crippen LogP contribution in [-0.2, 0) is 4.79 Å². The lowest BCUT2D eigenvalue weighted by atomic mass is 10.3. The van der Waals surface area contributed by atoms with E-state index in [9.17, 15) is 9.59 Å². The zero-order chi connectivity index (χ0) is 12.7. The second-order valence-electron chi connectivity index (χ2n) is 3.57. The fourth-order valence-electron chi connectivity index (χ4n) is 1.20. The van der Waals surface area contributed by atoms with Gasteiger partial charge in [0.1, 0.15) is 6.04 Å². The highest BCUT2D eigenvalue weighted by Gasteiger charge is 2.16. The van der Waals surface area contributed by atoms with Gasteiger partial charge >= 0.3 is 0 Å². The quantitative estimate of drug-likeness (QED) is 0.636. The minimum atomic E-state index is -0.526. The Morgan fingerprint density at radius 3 is 2.76 bits per heavy atom. The van der Waals surface area contributed by atoms with E-state index in [0.29, 0.717) is 18.0 Å². The maximum atomic E-state index is 11.7. The van der Waals surface area contributed by atoms with E-state index < -0.39 is 6.04 Å². The minimum absolute atomic E-state index is 0.176. The van der Waals surface area contributed by atoms with Crippen LogP contribution in [-0.4, -0.2) is 38.0 Å². The van der Waals surface area contributed by atoms with E-state index in [0.717, 1.165) is 0 Å². The first-order valence-corrected chi connectivity index (χ1v) is 6.29. The summed E-state index contributed by atoms with van der Waals surface area (Å²) >= 11 is 1.35. The van der Waals surface area contributed by atoms with Crippen LogP contribution in [0.5, 0.6) is 0 Å². The van der Waals surface area contributed by atoms with E-state index in [1.807, 2.05) is 12.4 Å². The molecule has 0 spiro atoms. The molecule has 5 nitrogen and oxygen atoms in total. The number of hydrogen-bond donors (Lipinski definition) is 3. The normalized spacial score (nSPS) is 11.9. The first-order chi connectivity index (χ1) is 8.15. The van der Waals surface area contributed by atoms with E-state index in [4.69, 9.17) is 0 Å². The van der Waals surface area contributed by atoms with E-state index in [1.54, 1.807) is 19.1 Å². The van der Waals surface area contributed by atoms with Crippen molar-refractivity contribution in [3.63, 3.8) is 0 Å². The lowest BCUT2D eigenvalue weighted by molar-refractivity contribution is -0.122. The summed E-state index contributed by atoms with van der Waals surface area (Å²) in [5, 5.41) is 10.1. The zero-order valence-electron chi connectivity index (χ0n) is 9.95. The van der Waals surface area contributed by atoms with E-state index in [2.05, 4.69) is 16.0 Å². The third-order valence-electron chi connectivity index (χ3n) is 2.16. The predicted octanol–water partition coefficient (Wildman–Crippen LogP) is 0.202. The van der Waals surface area contributed by atoms with E-state index in [1.165, 1.54) is 11.3 Å². The molecule has 0 bridgehead atoms. The highest BCUT2D eigenvalue weighted by molar-refractivity contribution is 7.12. The standard InChI is InChI=1S/C11H17N3O2S/c1-8(10(15)13-6-5-12-2)14-11(16)9-4-3-7-17-9/h3-4,7-8,12H,5-6H2,1-2H3,(H,13,15)(H,14,16). The summed E-state index contributed by atoms with van der Waals surface area (Å²) in [4.78, 5) is 23.8. The molecule has 1 unspecified atom stereocenters. The highest BCUT2D eigenvalue weighted by atomic mass is 32.1. The van der Waals surface area contributed by atoms with E-state index >= 15 is 0 Å². The molecule has 0 aromatic carbocycles. The van der Waals surface area contributed by atoms with Crippen molar-refractivity contribution in [1.29, 1.82) is 0 Å². The van der Waals surface area contributed by atoms with Crippen LogP contribution in [0.15, 0.2) is 17.5 Å². The zero-order valence-corrected chi connectivity index (χ0v) is 10.8. The lowest BCUT2D eigenvalue weighted by Crippen LogP contribution is -2.45. The highest BCUT2D eigenvalue weighted by Crippen LogP contribution is 2.07. The van der Waals surface area contributed by atoms with Gasteiger partial charge in [0.2, 0.25) is 5.91 Å². The molecule has 0 fully saturated rings. The van der Waals surface area contributed by atoms with E-state index in [-0.39, 0.29) is 11.8 Å². The molecule has 0 saturated carbocycles. The van der Waals surface area contributed by atoms with Crippen molar-refractivity contribution in [3.05, 3.63) is 22.4 Å². The molecule has 0 aliphatic heterocycles. The van der Waals surface area contributed by atoms with Crippen molar-refractivity contribution in [2.24, 2.45) is 0 Å². The van der Waals surface area contributed by atoms with Gasteiger partial charge in [-0.15, -0.1) is 11.3 Å². The van der Waals surface area contributed by atoms with Crippen LogP contribution in [0.4, 0.5) is 0 Å². The van der Waals surface area contributed by atoms with Gasteiger partial charge in [-0.2, -0.15) is 0 Å². The number of nitrogens with one attached hydrogen (secondary N) is 3. The van der Waals surface area contributed by atoms with Crippen LogP contribution in [0.1, 0.15) is 16.6 Å². The van der Waals surface area contributed by atoms with Gasteiger partial charge in [0.15, 0.2) is 0 Å². The number of likely N-dealkylation sites (N-methyl/N-ethyl adjacent to an activating group) is 1. The van der Waals surface area contributed by atoms with Gasteiger partial charge in [0.05, 0.1) is 4.88 Å². The van der Waals surface area contributed by atoms with Crippen molar-refractivity contribution in [2.75, 3.05) is 20.1 Å². The Morgan fingerprint density at radius 2 is 2.18 bits per heavy atom. The summed E-state index contributed by atoms with van der Waals surface area (Å²) in [6.45, 7) is 2.92. The van der Waals surface area contributed by atoms with Gasteiger partial charge in [0, 0.05) is 13.1 Å². The molecule has 1 aromatic heterocycles. The van der Waals surface area contributed by atoms with Crippen LogP contribution in [0.25, 0.3) is 0 Å². The molecule has 1 rings (SSSR count). The summed E-state index contributed by atoms with van der Waals surface area (Å²) in [5.74, 6) is -0.388. The second-order valence-corrected chi connectivity index (χ2v) is 4.51. The molecule has 6 heteroatoms. The summed E-state index contributed by atoms with van der Waals surface area (Å²) < 4.78 is 0. The Kier molecular flexibility index (Phi) is 5.65. The van der Waals surface area contributed by atoms with Crippen molar-refractivity contribution in [2.45, 2.75) is 13.0 Å². The van der Waals surface area contributed by atoms with Crippen LogP contribution in [0.3, 0.4) is 0 Å². The Bertz CT molecular complexity index is 365. The number of carbonyl (C=O) groups excluding carboxylic acids is 2. The van der Waals surface area contributed by atoms with Crippen LogP contribution in [0.2, 0.25) is 0 Å². The number of carbonyl (C=O) groups is 2.